The van der Waals surface area contributed by atoms with E-state index in [4.69, 9.17) is 9.97 Å². The molecule has 0 N–H and O–H groups in total. The molecule has 300 valence electrons. The molecule has 0 amide bonds. The summed E-state index contributed by atoms with van der Waals surface area (Å²) in [5.41, 5.74) is 13.1. The van der Waals surface area contributed by atoms with Crippen LogP contribution >= 0.6 is 0 Å². The standard InChI is InChI=1S/C53H52N6O/c1-3-31-58-47(39-19-7-5-8-20-39)49(56-33-27-37-17-11-13-23-41(37)35-56)45(43-25-15-29-54-52(43)58)51(60)46-44-26-16-30-55-53(44)59(32-4-2)48(40-21-9-6-10-22-40)50(46)57-34-28-38-18-12-14-24-42(38)36-57/h5-26,29-30,47-48H,3-4,27-28,31-36H2,1-2H3. The van der Waals surface area contributed by atoms with Gasteiger partial charge in [-0.05, 0) is 83.3 Å². The van der Waals surface area contributed by atoms with Gasteiger partial charge in [-0.2, -0.15) is 0 Å². The average molecular weight is 789 g/mol. The molecule has 6 heterocycles. The maximum Gasteiger partial charge on any atom is 0.198 e. The predicted octanol–water partition coefficient (Wildman–Crippen LogP) is 10.2. The number of rotatable bonds is 10. The third-order valence-electron chi connectivity index (χ3n) is 12.9. The van der Waals surface area contributed by atoms with Gasteiger partial charge in [0.2, 0.25) is 0 Å². The molecule has 2 unspecified atom stereocenters. The summed E-state index contributed by atoms with van der Waals surface area (Å²) < 4.78 is 0. The van der Waals surface area contributed by atoms with E-state index in [-0.39, 0.29) is 17.9 Å². The molecule has 0 spiro atoms. The van der Waals surface area contributed by atoms with Crippen LogP contribution in [0.1, 0.15) is 83.3 Å². The number of carbonyl (C=O) groups excluding carboxylic acids is 1. The lowest BCUT2D eigenvalue weighted by molar-refractivity contribution is -0.109. The minimum Gasteiger partial charge on any atom is -0.368 e. The first-order chi connectivity index (χ1) is 29.6. The van der Waals surface area contributed by atoms with Crippen molar-refractivity contribution in [2.45, 2.75) is 64.7 Å². The lowest BCUT2D eigenvalue weighted by Gasteiger charge is -2.47. The van der Waals surface area contributed by atoms with Crippen LogP contribution < -0.4 is 9.80 Å². The largest absolute Gasteiger partial charge is 0.368 e. The number of allylic oxidation sites excluding steroid dienone is 2. The SMILES string of the molecule is CCCN1c2ncccc2C(C(=O)C2=C(N3CCc4ccccc4C3)C(c3ccccc3)N(CCC)c3ncccc32)=C(N2CCc3ccccc3C2)C1c1ccccc1. The van der Waals surface area contributed by atoms with Crippen LogP contribution in [0.25, 0.3) is 11.1 Å². The summed E-state index contributed by atoms with van der Waals surface area (Å²) >= 11 is 0. The van der Waals surface area contributed by atoms with Gasteiger partial charge in [0, 0.05) is 62.8 Å². The number of anilines is 2. The molecule has 10 rings (SSSR count). The van der Waals surface area contributed by atoms with Crippen molar-refractivity contribution in [2.24, 2.45) is 0 Å². The highest BCUT2D eigenvalue weighted by atomic mass is 16.1. The molecule has 0 saturated heterocycles. The molecular weight excluding hydrogens is 737 g/mol. The zero-order valence-corrected chi connectivity index (χ0v) is 34.7. The molecule has 60 heavy (non-hydrogen) atoms. The Morgan fingerprint density at radius 1 is 0.517 bits per heavy atom. The topological polar surface area (TPSA) is 55.8 Å². The van der Waals surface area contributed by atoms with E-state index in [1.807, 2.05) is 24.5 Å². The number of benzene rings is 4. The fourth-order valence-electron chi connectivity index (χ4n) is 10.3. The number of hydrogen-bond acceptors (Lipinski definition) is 7. The predicted molar refractivity (Wildman–Crippen MR) is 242 cm³/mol. The van der Waals surface area contributed by atoms with Gasteiger partial charge in [0.05, 0.1) is 34.6 Å². The fraction of sp³-hybridized carbons (Fsp3) is 0.264. The summed E-state index contributed by atoms with van der Waals surface area (Å²) in [6.45, 7) is 9.15. The number of carbonyl (C=O) groups is 1. The Morgan fingerprint density at radius 2 is 0.917 bits per heavy atom. The normalized spacial score (nSPS) is 18.5. The van der Waals surface area contributed by atoms with Gasteiger partial charge in [0.1, 0.15) is 11.6 Å². The van der Waals surface area contributed by atoms with E-state index in [1.54, 1.807) is 0 Å². The number of pyridine rings is 2. The van der Waals surface area contributed by atoms with E-state index in [0.29, 0.717) is 0 Å². The van der Waals surface area contributed by atoms with Crippen LogP contribution in [-0.4, -0.2) is 51.7 Å². The van der Waals surface area contributed by atoms with Gasteiger partial charge in [-0.1, -0.05) is 123 Å². The number of Topliss-reactive ketones (excluding diaryl/α,β-unsaturated/α-hetero) is 1. The van der Waals surface area contributed by atoms with Crippen LogP contribution in [0.4, 0.5) is 11.6 Å². The highest BCUT2D eigenvalue weighted by molar-refractivity contribution is 6.44. The third kappa shape index (κ3) is 6.57. The number of ketones is 1. The molecule has 6 aromatic rings. The average Bonchev–Trinajstić information content (AvgIpc) is 3.31. The molecule has 7 nitrogen and oxygen atoms in total. The Balaban J connectivity index is 1.29. The van der Waals surface area contributed by atoms with Gasteiger partial charge >= 0.3 is 0 Å². The summed E-state index contributed by atoms with van der Waals surface area (Å²) in [7, 11) is 0. The van der Waals surface area contributed by atoms with Crippen molar-refractivity contribution in [3.05, 3.63) is 202 Å². The van der Waals surface area contributed by atoms with Crippen LogP contribution in [0.15, 0.2) is 157 Å². The van der Waals surface area contributed by atoms with E-state index < -0.39 is 0 Å². The zero-order valence-electron chi connectivity index (χ0n) is 34.7. The van der Waals surface area contributed by atoms with Gasteiger partial charge in [0.15, 0.2) is 5.78 Å². The van der Waals surface area contributed by atoms with E-state index in [0.717, 1.165) is 121 Å². The molecule has 4 aliphatic heterocycles. The summed E-state index contributed by atoms with van der Waals surface area (Å²) in [4.78, 5) is 37.1. The summed E-state index contributed by atoms with van der Waals surface area (Å²) in [6.07, 6.45) is 7.47. The molecule has 4 aliphatic rings. The van der Waals surface area contributed by atoms with Gasteiger partial charge in [-0.25, -0.2) is 9.97 Å². The van der Waals surface area contributed by atoms with Crippen LogP contribution in [0.2, 0.25) is 0 Å². The molecule has 2 atom stereocenters. The highest BCUT2D eigenvalue weighted by Crippen LogP contribution is 2.52. The number of hydrogen-bond donors (Lipinski definition) is 0. The second-order valence-electron chi connectivity index (χ2n) is 16.5. The number of nitrogens with zero attached hydrogens (tertiary/aromatic N) is 6. The van der Waals surface area contributed by atoms with Crippen LogP contribution in [0, 0.1) is 0 Å². The van der Waals surface area contributed by atoms with Gasteiger partial charge in [0.25, 0.3) is 0 Å². The Labute approximate surface area is 354 Å². The second kappa shape index (κ2) is 16.3. The first kappa shape index (κ1) is 37.8. The minimum absolute atomic E-state index is 0.0374. The number of aromatic nitrogens is 2. The smallest absolute Gasteiger partial charge is 0.198 e. The first-order valence-corrected chi connectivity index (χ1v) is 21.8. The lowest BCUT2D eigenvalue weighted by atomic mass is 9.79. The van der Waals surface area contributed by atoms with Gasteiger partial charge < -0.3 is 19.6 Å². The third-order valence-corrected chi connectivity index (χ3v) is 12.9. The quantitative estimate of drug-likeness (QED) is 0.137. The molecule has 4 aromatic carbocycles. The highest BCUT2D eigenvalue weighted by Gasteiger charge is 2.46. The lowest BCUT2D eigenvalue weighted by Crippen LogP contribution is -2.45. The molecule has 7 heteroatoms. The monoisotopic (exact) mass is 788 g/mol. The Hall–Kier alpha value is -6.47. The Bertz CT molecular complexity index is 2420. The van der Waals surface area contributed by atoms with Crippen LogP contribution in [0.3, 0.4) is 0 Å². The molecule has 0 fully saturated rings. The fourth-order valence-corrected chi connectivity index (χ4v) is 10.3. The van der Waals surface area contributed by atoms with Gasteiger partial charge in [-0.3, -0.25) is 4.79 Å². The maximum absolute atomic E-state index is 16.9. The van der Waals surface area contributed by atoms with Crippen LogP contribution in [0.5, 0.6) is 0 Å². The summed E-state index contributed by atoms with van der Waals surface area (Å²) in [6, 6.07) is 47.1. The second-order valence-corrected chi connectivity index (χ2v) is 16.5. The molecule has 0 aliphatic carbocycles. The van der Waals surface area contributed by atoms with Crippen molar-refractivity contribution in [3.63, 3.8) is 0 Å². The minimum atomic E-state index is -0.220. The van der Waals surface area contributed by atoms with Crippen molar-refractivity contribution in [3.8, 4) is 0 Å². The molecule has 0 saturated carbocycles. The Morgan fingerprint density at radius 3 is 1.33 bits per heavy atom. The van der Waals surface area contributed by atoms with E-state index in [2.05, 4.69) is 155 Å². The van der Waals surface area contributed by atoms with Crippen molar-refractivity contribution in [1.82, 2.24) is 19.8 Å². The molecular formula is C53H52N6O. The Kier molecular flexibility index (Phi) is 10.3. The summed E-state index contributed by atoms with van der Waals surface area (Å²) in [5.74, 6) is 1.76. The first-order valence-electron chi connectivity index (χ1n) is 21.8. The van der Waals surface area contributed by atoms with E-state index in [9.17, 15) is 0 Å². The van der Waals surface area contributed by atoms with Crippen molar-refractivity contribution >= 4 is 28.6 Å². The van der Waals surface area contributed by atoms with Crippen molar-refractivity contribution in [2.75, 3.05) is 36.0 Å². The van der Waals surface area contributed by atoms with E-state index in [1.165, 1.54) is 22.3 Å². The molecule has 0 bridgehead atoms. The van der Waals surface area contributed by atoms with Crippen molar-refractivity contribution < 1.29 is 4.79 Å². The number of fused-ring (bicyclic) bond motifs is 4. The molecule has 0 radical (unpaired) electrons. The van der Waals surface area contributed by atoms with E-state index >= 15 is 4.79 Å². The molecule has 2 aromatic heterocycles. The van der Waals surface area contributed by atoms with Crippen molar-refractivity contribution in [1.29, 1.82) is 0 Å². The van der Waals surface area contributed by atoms with Gasteiger partial charge in [-0.15, -0.1) is 0 Å². The maximum atomic E-state index is 16.9. The summed E-state index contributed by atoms with van der Waals surface area (Å²) in [5, 5.41) is 0. The zero-order chi connectivity index (χ0) is 40.6. The van der Waals surface area contributed by atoms with Crippen LogP contribution in [-0.2, 0) is 30.7 Å².